The third-order valence-electron chi connectivity index (χ3n) is 4.21. The molecule has 0 spiro atoms. The van der Waals surface area contributed by atoms with Crippen LogP contribution in [0.15, 0.2) is 54.8 Å². The molecule has 0 unspecified atom stereocenters. The average Bonchev–Trinajstić information content (AvgIpc) is 2.84. The second-order valence-corrected chi connectivity index (χ2v) is 7.17. The first kappa shape index (κ1) is 19.5. The van der Waals surface area contributed by atoms with Gasteiger partial charge in [-0.25, -0.2) is 0 Å². The standard InChI is InChI=1S/C20H15Cl3N2O2/c1-3-9-25-19(26)17(13-8-7-12(21)10-15(13)23)18(20(25)27)24-16-6-4-5-14(22)11(16)2/h3-8,10,24H,1,9H2,2H3. The van der Waals surface area contributed by atoms with Crippen LogP contribution in [0.4, 0.5) is 5.69 Å². The van der Waals surface area contributed by atoms with Crippen molar-refractivity contribution in [2.75, 3.05) is 11.9 Å². The van der Waals surface area contributed by atoms with Crippen LogP contribution in [0.25, 0.3) is 5.57 Å². The van der Waals surface area contributed by atoms with Gasteiger partial charge >= 0.3 is 0 Å². The van der Waals surface area contributed by atoms with E-state index in [9.17, 15) is 9.59 Å². The molecule has 0 aliphatic carbocycles. The second-order valence-electron chi connectivity index (χ2n) is 5.92. The van der Waals surface area contributed by atoms with Crippen molar-refractivity contribution in [2.24, 2.45) is 0 Å². The first-order chi connectivity index (χ1) is 12.8. The second kappa shape index (κ2) is 7.77. The highest BCUT2D eigenvalue weighted by atomic mass is 35.5. The number of nitrogens with zero attached hydrogens (tertiary/aromatic N) is 1. The van der Waals surface area contributed by atoms with E-state index < -0.39 is 11.8 Å². The Morgan fingerprint density at radius 3 is 2.48 bits per heavy atom. The summed E-state index contributed by atoms with van der Waals surface area (Å²) in [4.78, 5) is 26.9. The largest absolute Gasteiger partial charge is 0.350 e. The van der Waals surface area contributed by atoms with E-state index in [-0.39, 0.29) is 22.8 Å². The predicted octanol–water partition coefficient (Wildman–Crippen LogP) is 5.33. The lowest BCUT2D eigenvalue weighted by Crippen LogP contribution is -2.32. The van der Waals surface area contributed by atoms with Gasteiger partial charge in [0.05, 0.1) is 10.6 Å². The third-order valence-corrected chi connectivity index (χ3v) is 5.16. The van der Waals surface area contributed by atoms with Crippen LogP contribution >= 0.6 is 34.8 Å². The van der Waals surface area contributed by atoms with Gasteiger partial charge in [-0.1, -0.05) is 53.0 Å². The summed E-state index contributed by atoms with van der Waals surface area (Å²) < 4.78 is 0. The molecule has 3 rings (SSSR count). The lowest BCUT2D eigenvalue weighted by atomic mass is 10.0. The number of halogens is 3. The van der Waals surface area contributed by atoms with Gasteiger partial charge in [-0.15, -0.1) is 6.58 Å². The first-order valence-corrected chi connectivity index (χ1v) is 9.17. The highest BCUT2D eigenvalue weighted by molar-refractivity contribution is 6.41. The van der Waals surface area contributed by atoms with E-state index in [2.05, 4.69) is 11.9 Å². The number of rotatable bonds is 5. The van der Waals surface area contributed by atoms with Crippen molar-refractivity contribution >= 4 is 57.9 Å². The molecular weight excluding hydrogens is 407 g/mol. The minimum Gasteiger partial charge on any atom is -0.350 e. The van der Waals surface area contributed by atoms with E-state index in [0.29, 0.717) is 21.3 Å². The maximum Gasteiger partial charge on any atom is 0.278 e. The average molecular weight is 422 g/mol. The number of hydrogen-bond acceptors (Lipinski definition) is 3. The van der Waals surface area contributed by atoms with E-state index in [4.69, 9.17) is 34.8 Å². The lowest BCUT2D eigenvalue weighted by molar-refractivity contribution is -0.136. The third kappa shape index (κ3) is 3.61. The molecule has 0 radical (unpaired) electrons. The smallest absolute Gasteiger partial charge is 0.278 e. The molecule has 1 N–H and O–H groups in total. The van der Waals surface area contributed by atoms with Crippen LogP contribution in [0.1, 0.15) is 11.1 Å². The summed E-state index contributed by atoms with van der Waals surface area (Å²) in [7, 11) is 0. The van der Waals surface area contributed by atoms with Crippen LogP contribution in [0.5, 0.6) is 0 Å². The zero-order valence-corrected chi connectivity index (χ0v) is 16.6. The summed E-state index contributed by atoms with van der Waals surface area (Å²) in [6.07, 6.45) is 1.49. The van der Waals surface area contributed by atoms with Gasteiger partial charge in [0.2, 0.25) is 0 Å². The molecule has 0 atom stereocenters. The van der Waals surface area contributed by atoms with Crippen molar-refractivity contribution in [3.8, 4) is 0 Å². The molecule has 7 heteroatoms. The van der Waals surface area contributed by atoms with Crippen LogP contribution in [0.3, 0.4) is 0 Å². The van der Waals surface area contributed by atoms with Gasteiger partial charge in [-0.2, -0.15) is 0 Å². The van der Waals surface area contributed by atoms with E-state index >= 15 is 0 Å². The zero-order chi connectivity index (χ0) is 19.7. The maximum absolute atomic E-state index is 12.9. The SMILES string of the molecule is C=CCN1C(=O)C(Nc2cccc(Cl)c2C)=C(c2ccc(Cl)cc2Cl)C1=O. The summed E-state index contributed by atoms with van der Waals surface area (Å²) in [6.45, 7) is 5.52. The van der Waals surface area contributed by atoms with E-state index in [1.165, 1.54) is 12.1 Å². The number of benzene rings is 2. The molecule has 0 bridgehead atoms. The molecule has 0 saturated carbocycles. The molecule has 0 fully saturated rings. The van der Waals surface area contributed by atoms with Gasteiger partial charge in [0.15, 0.2) is 0 Å². The maximum atomic E-state index is 12.9. The Morgan fingerprint density at radius 1 is 1.07 bits per heavy atom. The summed E-state index contributed by atoms with van der Waals surface area (Å²) >= 11 is 18.4. The molecule has 1 aliphatic heterocycles. The minimum absolute atomic E-state index is 0.0894. The summed E-state index contributed by atoms with van der Waals surface area (Å²) in [6, 6.07) is 10.1. The first-order valence-electron chi connectivity index (χ1n) is 8.04. The normalized spacial score (nSPS) is 14.1. The molecule has 138 valence electrons. The monoisotopic (exact) mass is 420 g/mol. The molecule has 1 aliphatic rings. The fourth-order valence-electron chi connectivity index (χ4n) is 2.81. The number of hydrogen-bond donors (Lipinski definition) is 1. The zero-order valence-electron chi connectivity index (χ0n) is 14.4. The van der Waals surface area contributed by atoms with Gasteiger partial charge in [0.1, 0.15) is 5.70 Å². The lowest BCUT2D eigenvalue weighted by Gasteiger charge is -2.13. The number of carbonyl (C=O) groups excluding carboxylic acids is 2. The molecule has 4 nitrogen and oxygen atoms in total. The van der Waals surface area contributed by atoms with E-state index in [1.54, 1.807) is 30.3 Å². The molecular formula is C20H15Cl3N2O2. The number of amides is 2. The fourth-order valence-corrected chi connectivity index (χ4v) is 3.48. The van der Waals surface area contributed by atoms with Crippen molar-refractivity contribution in [3.05, 3.63) is 80.9 Å². The fraction of sp³-hybridized carbons (Fsp3) is 0.100. The highest BCUT2D eigenvalue weighted by Gasteiger charge is 2.39. The Kier molecular flexibility index (Phi) is 5.61. The number of carbonyl (C=O) groups is 2. The van der Waals surface area contributed by atoms with Crippen LogP contribution in [0, 0.1) is 6.92 Å². The van der Waals surface area contributed by atoms with Crippen LogP contribution < -0.4 is 5.32 Å². The molecule has 2 aromatic carbocycles. The highest BCUT2D eigenvalue weighted by Crippen LogP contribution is 2.36. The Labute approximate surface area is 172 Å². The molecule has 2 aromatic rings. The number of nitrogens with one attached hydrogen (secondary N) is 1. The molecule has 2 amide bonds. The van der Waals surface area contributed by atoms with Crippen molar-refractivity contribution in [3.63, 3.8) is 0 Å². The minimum atomic E-state index is -0.458. The molecule has 0 saturated heterocycles. The van der Waals surface area contributed by atoms with Crippen LogP contribution in [-0.4, -0.2) is 23.3 Å². The Balaban J connectivity index is 2.17. The van der Waals surface area contributed by atoms with E-state index in [0.717, 1.165) is 10.5 Å². The quantitative estimate of drug-likeness (QED) is 0.524. The van der Waals surface area contributed by atoms with Crippen molar-refractivity contribution in [2.45, 2.75) is 6.92 Å². The molecule has 27 heavy (non-hydrogen) atoms. The number of imide groups is 1. The summed E-state index contributed by atoms with van der Waals surface area (Å²) in [5, 5.41) is 4.33. The Hall–Kier alpha value is -2.27. The summed E-state index contributed by atoms with van der Waals surface area (Å²) in [5.74, 6) is -0.911. The van der Waals surface area contributed by atoms with Gasteiger partial charge < -0.3 is 5.32 Å². The topological polar surface area (TPSA) is 49.4 Å². The predicted molar refractivity (Wildman–Crippen MR) is 110 cm³/mol. The molecule has 0 aromatic heterocycles. The number of anilines is 1. The van der Waals surface area contributed by atoms with Crippen LogP contribution in [-0.2, 0) is 9.59 Å². The Morgan fingerprint density at radius 2 is 1.81 bits per heavy atom. The van der Waals surface area contributed by atoms with Gasteiger partial charge in [-0.3, -0.25) is 14.5 Å². The van der Waals surface area contributed by atoms with Crippen molar-refractivity contribution in [1.82, 2.24) is 4.90 Å². The van der Waals surface area contributed by atoms with Gasteiger partial charge in [0.25, 0.3) is 11.8 Å². The van der Waals surface area contributed by atoms with Crippen molar-refractivity contribution in [1.29, 1.82) is 0 Å². The Bertz CT molecular complexity index is 999. The van der Waals surface area contributed by atoms with Gasteiger partial charge in [0, 0.05) is 27.8 Å². The molecule has 1 heterocycles. The van der Waals surface area contributed by atoms with Gasteiger partial charge in [-0.05, 0) is 36.8 Å². The van der Waals surface area contributed by atoms with E-state index in [1.807, 2.05) is 6.92 Å². The van der Waals surface area contributed by atoms with Crippen LogP contribution in [0.2, 0.25) is 15.1 Å². The summed E-state index contributed by atoms with van der Waals surface area (Å²) in [5.41, 5.74) is 2.13. The van der Waals surface area contributed by atoms with Crippen molar-refractivity contribution < 1.29 is 9.59 Å².